The number of benzene rings is 1. The van der Waals surface area contributed by atoms with E-state index in [2.05, 4.69) is 5.32 Å². The number of piperidine rings is 1. The molecule has 0 radical (unpaired) electrons. The van der Waals surface area contributed by atoms with Gasteiger partial charge in [-0.15, -0.1) is 0 Å². The van der Waals surface area contributed by atoms with Gasteiger partial charge < -0.3 is 20.1 Å². The van der Waals surface area contributed by atoms with Crippen LogP contribution in [0.4, 0.5) is 10.5 Å². The van der Waals surface area contributed by atoms with Crippen LogP contribution in [0.15, 0.2) is 24.3 Å². The number of para-hydroxylation sites is 2. The number of aliphatic hydroxyl groups is 1. The molecule has 5 nitrogen and oxygen atoms in total. The highest BCUT2D eigenvalue weighted by Gasteiger charge is 2.22. The van der Waals surface area contributed by atoms with Crippen molar-refractivity contribution in [3.63, 3.8) is 0 Å². The summed E-state index contributed by atoms with van der Waals surface area (Å²) in [7, 11) is 0. The van der Waals surface area contributed by atoms with E-state index in [4.69, 9.17) is 4.74 Å². The lowest BCUT2D eigenvalue weighted by Gasteiger charge is -2.30. The largest absolute Gasteiger partial charge is 0.492 e. The summed E-state index contributed by atoms with van der Waals surface area (Å²) in [5, 5.41) is 12.4. The number of rotatable bonds is 3. The van der Waals surface area contributed by atoms with Gasteiger partial charge in [0.15, 0.2) is 0 Å². The molecule has 1 saturated heterocycles. The molecule has 2 rings (SSSR count). The molecule has 1 atom stereocenters. The maximum absolute atomic E-state index is 12.1. The van der Waals surface area contributed by atoms with E-state index in [0.717, 1.165) is 12.8 Å². The number of amides is 2. The van der Waals surface area contributed by atoms with E-state index in [9.17, 15) is 9.90 Å². The molecule has 0 bridgehead atoms. The van der Waals surface area contributed by atoms with Gasteiger partial charge >= 0.3 is 6.03 Å². The van der Waals surface area contributed by atoms with E-state index in [1.165, 1.54) is 0 Å². The highest BCUT2D eigenvalue weighted by molar-refractivity contribution is 5.91. The Labute approximate surface area is 113 Å². The topological polar surface area (TPSA) is 61.8 Å². The third-order valence-electron chi connectivity index (χ3n) is 3.11. The molecule has 0 spiro atoms. The Morgan fingerprint density at radius 1 is 1.53 bits per heavy atom. The predicted octanol–water partition coefficient (Wildman–Crippen LogP) is 2.07. The number of likely N-dealkylation sites (tertiary alicyclic amines) is 1. The molecular weight excluding hydrogens is 244 g/mol. The summed E-state index contributed by atoms with van der Waals surface area (Å²) in [5.41, 5.74) is 0.661. The summed E-state index contributed by atoms with van der Waals surface area (Å²) in [4.78, 5) is 13.8. The molecule has 1 aliphatic heterocycles. The number of nitrogens with one attached hydrogen (secondary N) is 1. The third-order valence-corrected chi connectivity index (χ3v) is 3.11. The standard InChI is InChI=1S/C14H20N2O3/c1-2-19-13-8-4-3-7-12(13)15-14(18)16-9-5-6-11(17)10-16/h3-4,7-8,11,17H,2,5-6,9-10H2,1H3,(H,15,18)/t11-/m0/s1. The first-order chi connectivity index (χ1) is 9.20. The molecule has 1 aliphatic rings. The van der Waals surface area contributed by atoms with Gasteiger partial charge in [0, 0.05) is 13.1 Å². The Morgan fingerprint density at radius 3 is 3.05 bits per heavy atom. The van der Waals surface area contributed by atoms with Gasteiger partial charge in [0.2, 0.25) is 0 Å². The molecule has 104 valence electrons. The summed E-state index contributed by atoms with van der Waals surface area (Å²) in [6, 6.07) is 7.16. The second-order valence-electron chi connectivity index (χ2n) is 4.60. The second-order valence-corrected chi connectivity index (χ2v) is 4.60. The van der Waals surface area contributed by atoms with Gasteiger partial charge in [0.25, 0.3) is 0 Å². The lowest BCUT2D eigenvalue weighted by Crippen LogP contribution is -2.44. The summed E-state index contributed by atoms with van der Waals surface area (Å²) >= 11 is 0. The predicted molar refractivity (Wildman–Crippen MR) is 73.4 cm³/mol. The Hall–Kier alpha value is -1.75. The lowest BCUT2D eigenvalue weighted by atomic mass is 10.1. The molecular formula is C14H20N2O3. The zero-order valence-electron chi connectivity index (χ0n) is 11.1. The lowest BCUT2D eigenvalue weighted by molar-refractivity contribution is 0.0883. The molecule has 2 amide bonds. The van der Waals surface area contributed by atoms with E-state index >= 15 is 0 Å². The average Bonchev–Trinajstić information content (AvgIpc) is 2.41. The van der Waals surface area contributed by atoms with Crippen molar-refractivity contribution < 1.29 is 14.6 Å². The monoisotopic (exact) mass is 264 g/mol. The van der Waals surface area contributed by atoms with Gasteiger partial charge in [-0.05, 0) is 31.9 Å². The van der Waals surface area contributed by atoms with Crippen molar-refractivity contribution in [1.82, 2.24) is 4.90 Å². The van der Waals surface area contributed by atoms with E-state index < -0.39 is 6.10 Å². The van der Waals surface area contributed by atoms with Crippen LogP contribution in [0, 0.1) is 0 Å². The van der Waals surface area contributed by atoms with Crippen LogP contribution in [0.5, 0.6) is 5.75 Å². The van der Waals surface area contributed by atoms with Crippen molar-refractivity contribution in [2.24, 2.45) is 0 Å². The molecule has 1 aromatic rings. The normalized spacial score (nSPS) is 19.1. The minimum atomic E-state index is -0.415. The fourth-order valence-corrected chi connectivity index (χ4v) is 2.18. The molecule has 1 heterocycles. The number of β-amino-alcohol motifs (C(OH)–C–C–N with tert-alkyl or cyclic N) is 1. The number of carbonyl (C=O) groups is 1. The Balaban J connectivity index is 2.02. The zero-order chi connectivity index (χ0) is 13.7. The third kappa shape index (κ3) is 3.61. The summed E-state index contributed by atoms with van der Waals surface area (Å²) in [6.07, 6.45) is 1.18. The van der Waals surface area contributed by atoms with Gasteiger partial charge in [-0.1, -0.05) is 12.1 Å². The van der Waals surface area contributed by atoms with Crippen molar-refractivity contribution in [2.45, 2.75) is 25.9 Å². The number of nitrogens with zero attached hydrogens (tertiary/aromatic N) is 1. The first-order valence-electron chi connectivity index (χ1n) is 6.66. The van der Waals surface area contributed by atoms with Crippen LogP contribution in [0.25, 0.3) is 0 Å². The maximum atomic E-state index is 12.1. The number of aliphatic hydroxyl groups excluding tert-OH is 1. The molecule has 2 N–H and O–H groups in total. The van der Waals surface area contributed by atoms with Crippen molar-refractivity contribution in [1.29, 1.82) is 0 Å². The molecule has 5 heteroatoms. The number of anilines is 1. The van der Waals surface area contributed by atoms with Crippen LogP contribution < -0.4 is 10.1 Å². The minimum absolute atomic E-state index is 0.189. The number of urea groups is 1. The number of hydrogen-bond donors (Lipinski definition) is 2. The second kappa shape index (κ2) is 6.43. The first kappa shape index (κ1) is 13.7. The van der Waals surface area contributed by atoms with Gasteiger partial charge in [0.1, 0.15) is 5.75 Å². The highest BCUT2D eigenvalue weighted by atomic mass is 16.5. The van der Waals surface area contributed by atoms with Gasteiger partial charge in [0.05, 0.1) is 18.4 Å². The summed E-state index contributed by atoms with van der Waals surface area (Å²) in [5.74, 6) is 0.663. The van der Waals surface area contributed by atoms with Crippen LogP contribution in [0.3, 0.4) is 0 Å². The van der Waals surface area contributed by atoms with Gasteiger partial charge in [-0.2, -0.15) is 0 Å². The van der Waals surface area contributed by atoms with Crippen LogP contribution >= 0.6 is 0 Å². The fraction of sp³-hybridized carbons (Fsp3) is 0.500. The van der Waals surface area contributed by atoms with Crippen molar-refractivity contribution in [3.8, 4) is 5.75 Å². The van der Waals surface area contributed by atoms with Gasteiger partial charge in [-0.3, -0.25) is 0 Å². The number of carbonyl (C=O) groups excluding carboxylic acids is 1. The van der Waals surface area contributed by atoms with E-state index in [-0.39, 0.29) is 6.03 Å². The van der Waals surface area contributed by atoms with E-state index in [1.54, 1.807) is 4.90 Å². The van der Waals surface area contributed by atoms with Gasteiger partial charge in [-0.25, -0.2) is 4.79 Å². The molecule has 0 saturated carbocycles. The van der Waals surface area contributed by atoms with Crippen molar-refractivity contribution in [3.05, 3.63) is 24.3 Å². The van der Waals surface area contributed by atoms with E-state index in [0.29, 0.717) is 31.1 Å². The SMILES string of the molecule is CCOc1ccccc1NC(=O)N1CCC[C@H](O)C1. The Kier molecular flexibility index (Phi) is 4.63. The van der Waals surface area contributed by atoms with Crippen molar-refractivity contribution in [2.75, 3.05) is 25.0 Å². The van der Waals surface area contributed by atoms with Crippen LogP contribution in [0.2, 0.25) is 0 Å². The van der Waals surface area contributed by atoms with Crippen LogP contribution in [-0.4, -0.2) is 41.8 Å². The zero-order valence-corrected chi connectivity index (χ0v) is 11.1. The average molecular weight is 264 g/mol. The summed E-state index contributed by atoms with van der Waals surface area (Å²) in [6.45, 7) is 3.53. The number of ether oxygens (including phenoxy) is 1. The summed E-state index contributed by atoms with van der Waals surface area (Å²) < 4.78 is 5.46. The number of hydrogen-bond acceptors (Lipinski definition) is 3. The quantitative estimate of drug-likeness (QED) is 0.878. The van der Waals surface area contributed by atoms with Crippen LogP contribution in [0.1, 0.15) is 19.8 Å². The minimum Gasteiger partial charge on any atom is -0.492 e. The smallest absolute Gasteiger partial charge is 0.322 e. The first-order valence-corrected chi connectivity index (χ1v) is 6.66. The molecule has 19 heavy (non-hydrogen) atoms. The van der Waals surface area contributed by atoms with Crippen molar-refractivity contribution >= 4 is 11.7 Å². The maximum Gasteiger partial charge on any atom is 0.322 e. The molecule has 0 aromatic heterocycles. The van der Waals surface area contributed by atoms with E-state index in [1.807, 2.05) is 31.2 Å². The molecule has 0 unspecified atom stereocenters. The molecule has 0 aliphatic carbocycles. The highest BCUT2D eigenvalue weighted by Crippen LogP contribution is 2.24. The Bertz CT molecular complexity index is 436. The Morgan fingerprint density at radius 2 is 2.32 bits per heavy atom. The molecule has 1 fully saturated rings. The fourth-order valence-electron chi connectivity index (χ4n) is 2.18. The van der Waals surface area contributed by atoms with Crippen LogP contribution in [-0.2, 0) is 0 Å². The molecule has 1 aromatic carbocycles.